The molecule has 20 heavy (non-hydrogen) atoms. The number of nitrogens with zero attached hydrogens (tertiary/aromatic N) is 3. The molecule has 0 saturated heterocycles. The van der Waals surface area contributed by atoms with Crippen molar-refractivity contribution in [3.8, 4) is 0 Å². The maximum atomic E-state index is 11.2. The van der Waals surface area contributed by atoms with Crippen molar-refractivity contribution in [3.63, 3.8) is 0 Å². The Kier molecular flexibility index (Phi) is 4.68. The van der Waals surface area contributed by atoms with E-state index in [0.29, 0.717) is 23.5 Å². The second kappa shape index (κ2) is 6.47. The highest BCUT2D eigenvalue weighted by atomic mass is 32.1. The third-order valence-corrected chi connectivity index (χ3v) is 4.09. The molecule has 0 aliphatic rings. The molecule has 0 unspecified atom stereocenters. The molecule has 6 heteroatoms. The van der Waals surface area contributed by atoms with Crippen LogP contribution >= 0.6 is 11.3 Å². The normalized spacial score (nSPS) is 10.5. The Bertz CT molecular complexity index is 583. The molecule has 0 aliphatic heterocycles. The number of carboxylic acids is 1. The fourth-order valence-electron chi connectivity index (χ4n) is 1.88. The summed E-state index contributed by atoms with van der Waals surface area (Å²) in [5.41, 5.74) is 1.59. The van der Waals surface area contributed by atoms with Gasteiger partial charge in [-0.15, -0.1) is 0 Å². The molecular formula is C14H17N3O2S. The minimum atomic E-state index is -0.903. The lowest BCUT2D eigenvalue weighted by atomic mass is 10.3. The molecule has 0 spiro atoms. The number of anilines is 1. The SMILES string of the molecule is CCc1nc(N(CC)Cc2ccccn2)sc1C(=O)O. The summed E-state index contributed by atoms with van der Waals surface area (Å²) in [5.74, 6) is -0.903. The van der Waals surface area contributed by atoms with Gasteiger partial charge in [-0.1, -0.05) is 24.3 Å². The summed E-state index contributed by atoms with van der Waals surface area (Å²) in [6.07, 6.45) is 2.38. The third kappa shape index (κ3) is 3.14. The lowest BCUT2D eigenvalue weighted by Crippen LogP contribution is -2.22. The van der Waals surface area contributed by atoms with Crippen molar-refractivity contribution >= 4 is 22.4 Å². The Morgan fingerprint density at radius 3 is 2.70 bits per heavy atom. The quantitative estimate of drug-likeness (QED) is 0.886. The standard InChI is InChI=1S/C14H17N3O2S/c1-3-11-12(13(18)19)20-14(16-11)17(4-2)9-10-7-5-6-8-15-10/h5-8H,3-4,9H2,1-2H3,(H,18,19). The monoisotopic (exact) mass is 291 g/mol. The Labute approximate surface area is 121 Å². The van der Waals surface area contributed by atoms with E-state index in [0.717, 1.165) is 17.4 Å². The van der Waals surface area contributed by atoms with Gasteiger partial charge in [-0.25, -0.2) is 9.78 Å². The molecule has 0 atom stereocenters. The number of rotatable bonds is 6. The van der Waals surface area contributed by atoms with Gasteiger partial charge in [0.2, 0.25) is 0 Å². The van der Waals surface area contributed by atoms with Crippen molar-refractivity contribution in [2.45, 2.75) is 26.8 Å². The molecule has 0 bridgehead atoms. The van der Waals surface area contributed by atoms with Gasteiger partial charge < -0.3 is 10.0 Å². The van der Waals surface area contributed by atoms with Crippen LogP contribution in [0.2, 0.25) is 0 Å². The second-order valence-electron chi connectivity index (χ2n) is 4.27. The molecule has 0 saturated carbocycles. The number of aromatic nitrogens is 2. The van der Waals surface area contributed by atoms with Crippen LogP contribution < -0.4 is 4.90 Å². The summed E-state index contributed by atoms with van der Waals surface area (Å²) >= 11 is 1.23. The van der Waals surface area contributed by atoms with E-state index in [1.165, 1.54) is 11.3 Å². The van der Waals surface area contributed by atoms with Crippen LogP contribution in [0.15, 0.2) is 24.4 Å². The average Bonchev–Trinajstić information content (AvgIpc) is 2.90. The van der Waals surface area contributed by atoms with Crippen LogP contribution in [0.1, 0.15) is 34.9 Å². The zero-order valence-corrected chi connectivity index (χ0v) is 12.4. The van der Waals surface area contributed by atoms with E-state index < -0.39 is 5.97 Å². The van der Waals surface area contributed by atoms with Crippen LogP contribution in [-0.2, 0) is 13.0 Å². The van der Waals surface area contributed by atoms with Gasteiger partial charge in [-0.2, -0.15) is 0 Å². The van der Waals surface area contributed by atoms with Crippen molar-refractivity contribution in [1.82, 2.24) is 9.97 Å². The number of carbonyl (C=O) groups is 1. The van der Waals surface area contributed by atoms with Crippen LogP contribution in [0, 0.1) is 0 Å². The number of aromatic carboxylic acids is 1. The Morgan fingerprint density at radius 2 is 2.20 bits per heavy atom. The van der Waals surface area contributed by atoms with Crippen LogP contribution in [0.5, 0.6) is 0 Å². The van der Waals surface area contributed by atoms with E-state index in [4.69, 9.17) is 0 Å². The number of carboxylic acid groups (broad SMARTS) is 1. The van der Waals surface area contributed by atoms with E-state index >= 15 is 0 Å². The third-order valence-electron chi connectivity index (χ3n) is 2.95. The number of aryl methyl sites for hydroxylation is 1. The molecule has 0 radical (unpaired) electrons. The van der Waals surface area contributed by atoms with Crippen molar-refractivity contribution in [2.75, 3.05) is 11.4 Å². The summed E-state index contributed by atoms with van der Waals surface area (Å²) in [6, 6.07) is 5.77. The summed E-state index contributed by atoms with van der Waals surface area (Å²) in [5, 5.41) is 9.94. The van der Waals surface area contributed by atoms with Gasteiger partial charge >= 0.3 is 5.97 Å². The first-order chi connectivity index (χ1) is 9.65. The highest BCUT2D eigenvalue weighted by molar-refractivity contribution is 7.17. The van der Waals surface area contributed by atoms with E-state index in [-0.39, 0.29) is 0 Å². The molecule has 2 aromatic heterocycles. The van der Waals surface area contributed by atoms with Gasteiger partial charge in [-0.3, -0.25) is 4.98 Å². The van der Waals surface area contributed by atoms with Gasteiger partial charge in [0.1, 0.15) is 4.88 Å². The average molecular weight is 291 g/mol. The first kappa shape index (κ1) is 14.5. The van der Waals surface area contributed by atoms with Crippen LogP contribution in [-0.4, -0.2) is 27.6 Å². The molecule has 0 aliphatic carbocycles. The summed E-state index contributed by atoms with van der Waals surface area (Å²) < 4.78 is 0. The van der Waals surface area contributed by atoms with Crippen molar-refractivity contribution in [2.24, 2.45) is 0 Å². The van der Waals surface area contributed by atoms with Crippen molar-refractivity contribution in [1.29, 1.82) is 0 Å². The minimum Gasteiger partial charge on any atom is -0.477 e. The van der Waals surface area contributed by atoms with Crippen molar-refractivity contribution in [3.05, 3.63) is 40.7 Å². The predicted octanol–water partition coefficient (Wildman–Crippen LogP) is 2.83. The molecule has 0 aromatic carbocycles. The largest absolute Gasteiger partial charge is 0.477 e. The molecule has 5 nitrogen and oxygen atoms in total. The smallest absolute Gasteiger partial charge is 0.347 e. The zero-order chi connectivity index (χ0) is 14.5. The lowest BCUT2D eigenvalue weighted by Gasteiger charge is -2.19. The maximum Gasteiger partial charge on any atom is 0.347 e. The highest BCUT2D eigenvalue weighted by Crippen LogP contribution is 2.27. The van der Waals surface area contributed by atoms with Gasteiger partial charge in [0, 0.05) is 12.7 Å². The Morgan fingerprint density at radius 1 is 1.40 bits per heavy atom. The summed E-state index contributed by atoms with van der Waals surface area (Å²) in [4.78, 5) is 22.3. The first-order valence-electron chi connectivity index (χ1n) is 6.53. The Hall–Kier alpha value is -1.95. The Balaban J connectivity index is 2.25. The van der Waals surface area contributed by atoms with E-state index in [2.05, 4.69) is 9.97 Å². The van der Waals surface area contributed by atoms with Gasteiger partial charge in [0.05, 0.1) is 17.9 Å². The number of hydrogen-bond acceptors (Lipinski definition) is 5. The molecule has 0 amide bonds. The molecule has 2 aromatic rings. The summed E-state index contributed by atoms with van der Waals surface area (Å²) in [7, 11) is 0. The fourth-order valence-corrected chi connectivity index (χ4v) is 2.94. The van der Waals surface area contributed by atoms with Crippen molar-refractivity contribution < 1.29 is 9.90 Å². The maximum absolute atomic E-state index is 11.2. The highest BCUT2D eigenvalue weighted by Gasteiger charge is 2.19. The molecule has 0 fully saturated rings. The minimum absolute atomic E-state index is 0.335. The van der Waals surface area contributed by atoms with Gasteiger partial charge in [0.15, 0.2) is 5.13 Å². The molecule has 106 valence electrons. The van der Waals surface area contributed by atoms with E-state index in [1.54, 1.807) is 6.20 Å². The molecule has 2 rings (SSSR count). The molecule has 1 N–H and O–H groups in total. The number of hydrogen-bond donors (Lipinski definition) is 1. The zero-order valence-electron chi connectivity index (χ0n) is 11.5. The summed E-state index contributed by atoms with van der Waals surface area (Å²) in [6.45, 7) is 5.33. The van der Waals surface area contributed by atoms with Gasteiger partial charge in [0.25, 0.3) is 0 Å². The second-order valence-corrected chi connectivity index (χ2v) is 5.24. The van der Waals surface area contributed by atoms with Gasteiger partial charge in [-0.05, 0) is 25.5 Å². The van der Waals surface area contributed by atoms with Crippen LogP contribution in [0.3, 0.4) is 0 Å². The predicted molar refractivity (Wildman–Crippen MR) is 79.4 cm³/mol. The van der Waals surface area contributed by atoms with E-state index in [1.807, 2.05) is 36.9 Å². The topological polar surface area (TPSA) is 66.3 Å². The first-order valence-corrected chi connectivity index (χ1v) is 7.35. The van der Waals surface area contributed by atoms with Crippen LogP contribution in [0.4, 0.5) is 5.13 Å². The number of pyridine rings is 1. The van der Waals surface area contributed by atoms with Crippen LogP contribution in [0.25, 0.3) is 0 Å². The molecular weight excluding hydrogens is 274 g/mol. The fraction of sp³-hybridized carbons (Fsp3) is 0.357. The lowest BCUT2D eigenvalue weighted by molar-refractivity contribution is 0.0701. The number of thiazole rings is 1. The molecule has 2 heterocycles. The van der Waals surface area contributed by atoms with E-state index in [9.17, 15) is 9.90 Å².